The topological polar surface area (TPSA) is 82.8 Å². The summed E-state index contributed by atoms with van der Waals surface area (Å²) in [6.45, 7) is 1.54. The number of alkyl halides is 3. The normalized spacial score (nSPS) is 12.6. The van der Waals surface area contributed by atoms with E-state index in [4.69, 9.17) is 4.74 Å². The van der Waals surface area contributed by atoms with Gasteiger partial charge in [0.15, 0.2) is 11.9 Å². The van der Waals surface area contributed by atoms with Crippen molar-refractivity contribution in [1.82, 2.24) is 9.66 Å². The van der Waals surface area contributed by atoms with Gasteiger partial charge in [-0.25, -0.2) is 9.78 Å². The average Bonchev–Trinajstić information content (AvgIpc) is 2.87. The largest absolute Gasteiger partial charge is 0.479 e. The van der Waals surface area contributed by atoms with Gasteiger partial charge in [-0.2, -0.15) is 22.9 Å². The number of fused-ring (bicyclic) bond motifs is 1. The van der Waals surface area contributed by atoms with Gasteiger partial charge in [0.05, 0.1) is 29.8 Å². The number of para-hydroxylation sites is 1. The summed E-state index contributed by atoms with van der Waals surface area (Å²) in [6.07, 6.45) is -4.06. The quantitative estimate of drug-likeness (QED) is 0.281. The summed E-state index contributed by atoms with van der Waals surface area (Å²) in [4.78, 5) is 29.3. The van der Waals surface area contributed by atoms with Gasteiger partial charge in [-0.1, -0.05) is 36.4 Å². The second-order valence-corrected chi connectivity index (χ2v) is 7.75. The van der Waals surface area contributed by atoms with Crippen molar-refractivity contribution in [2.75, 3.05) is 7.11 Å². The molecule has 0 N–H and O–H groups in total. The number of ether oxygens (including phenoxy) is 2. The summed E-state index contributed by atoms with van der Waals surface area (Å²) < 4.78 is 51.1. The standard InChI is InChI=1S/C26H20F3N3O4/c1-16(25(34)35-2)36-20-10-5-7-17(13-20)15-30-32-23(18-8-6-9-19(14-18)26(27,28)29)31-22-12-4-3-11-21(22)24(32)33/h3-16H,1-2H3/t16-/m1/s1. The van der Waals surface area contributed by atoms with Crippen LogP contribution in [0.2, 0.25) is 0 Å². The molecular formula is C26H20F3N3O4. The highest BCUT2D eigenvalue weighted by Gasteiger charge is 2.31. The predicted octanol–water partition coefficient (Wildman–Crippen LogP) is 4.90. The molecule has 4 rings (SSSR count). The summed E-state index contributed by atoms with van der Waals surface area (Å²) in [5, 5.41) is 4.51. The van der Waals surface area contributed by atoms with Crippen molar-refractivity contribution in [1.29, 1.82) is 0 Å². The Morgan fingerprint density at radius 2 is 1.81 bits per heavy atom. The van der Waals surface area contributed by atoms with Crippen molar-refractivity contribution in [3.05, 3.63) is 94.3 Å². The number of nitrogens with zero attached hydrogens (tertiary/aromatic N) is 3. The lowest BCUT2D eigenvalue weighted by molar-refractivity contribution is -0.148. The van der Waals surface area contributed by atoms with Crippen LogP contribution in [-0.4, -0.2) is 35.1 Å². The van der Waals surface area contributed by atoms with E-state index >= 15 is 0 Å². The van der Waals surface area contributed by atoms with Crippen LogP contribution in [0.5, 0.6) is 5.75 Å². The number of aromatic nitrogens is 2. The van der Waals surface area contributed by atoms with Crippen LogP contribution in [0.3, 0.4) is 0 Å². The van der Waals surface area contributed by atoms with Gasteiger partial charge in [0, 0.05) is 5.56 Å². The maximum atomic E-state index is 13.3. The molecule has 4 aromatic rings. The Bertz CT molecular complexity index is 1510. The lowest BCUT2D eigenvalue weighted by Gasteiger charge is -2.13. The van der Waals surface area contributed by atoms with E-state index in [0.717, 1.165) is 16.8 Å². The number of halogens is 3. The number of carbonyl (C=O) groups is 1. The number of carbonyl (C=O) groups excluding carboxylic acids is 1. The van der Waals surface area contributed by atoms with E-state index in [-0.39, 0.29) is 16.8 Å². The average molecular weight is 495 g/mol. The molecule has 1 atom stereocenters. The minimum absolute atomic E-state index is 0.0484. The molecule has 0 bridgehead atoms. The number of benzene rings is 3. The Hall–Kier alpha value is -4.47. The highest BCUT2D eigenvalue weighted by molar-refractivity contribution is 5.82. The highest BCUT2D eigenvalue weighted by Crippen LogP contribution is 2.32. The molecule has 0 aliphatic heterocycles. The van der Waals surface area contributed by atoms with Gasteiger partial charge in [0.2, 0.25) is 0 Å². The minimum Gasteiger partial charge on any atom is -0.479 e. The zero-order valence-corrected chi connectivity index (χ0v) is 19.2. The van der Waals surface area contributed by atoms with E-state index in [1.807, 2.05) is 0 Å². The molecule has 0 radical (unpaired) electrons. The summed E-state index contributed by atoms with van der Waals surface area (Å²) in [5.41, 5.74) is -0.500. The summed E-state index contributed by atoms with van der Waals surface area (Å²) >= 11 is 0. The Labute approximate surface area is 203 Å². The fourth-order valence-electron chi connectivity index (χ4n) is 3.46. The first-order chi connectivity index (χ1) is 17.2. The second-order valence-electron chi connectivity index (χ2n) is 7.75. The monoisotopic (exact) mass is 495 g/mol. The van der Waals surface area contributed by atoms with Crippen LogP contribution in [0.25, 0.3) is 22.3 Å². The molecule has 36 heavy (non-hydrogen) atoms. The maximum Gasteiger partial charge on any atom is 0.416 e. The van der Waals surface area contributed by atoms with Crippen LogP contribution in [0.15, 0.2) is 82.7 Å². The Kier molecular flexibility index (Phi) is 6.86. The van der Waals surface area contributed by atoms with E-state index in [1.165, 1.54) is 32.4 Å². The SMILES string of the molecule is COC(=O)[C@@H](C)Oc1cccc(C=Nn2c(-c3cccc(C(F)(F)F)c3)nc3ccccc3c2=O)c1. The molecule has 0 saturated carbocycles. The number of methoxy groups -OCH3 is 1. The summed E-state index contributed by atoms with van der Waals surface area (Å²) in [6, 6.07) is 17.6. The Morgan fingerprint density at radius 3 is 2.56 bits per heavy atom. The van der Waals surface area contributed by atoms with Crippen LogP contribution in [0.1, 0.15) is 18.1 Å². The first-order valence-corrected chi connectivity index (χ1v) is 10.8. The second kappa shape index (κ2) is 10.0. The third-order valence-corrected chi connectivity index (χ3v) is 5.23. The molecule has 1 heterocycles. The van der Waals surface area contributed by atoms with Gasteiger partial charge in [-0.05, 0) is 48.9 Å². The van der Waals surface area contributed by atoms with E-state index < -0.39 is 29.4 Å². The summed E-state index contributed by atoms with van der Waals surface area (Å²) in [5.74, 6) is -0.236. The lowest BCUT2D eigenvalue weighted by atomic mass is 10.1. The molecule has 1 aromatic heterocycles. The van der Waals surface area contributed by atoms with E-state index in [0.29, 0.717) is 16.8 Å². The lowest BCUT2D eigenvalue weighted by Crippen LogP contribution is -2.24. The first kappa shape index (κ1) is 24.6. The van der Waals surface area contributed by atoms with Gasteiger partial charge in [0.25, 0.3) is 5.56 Å². The van der Waals surface area contributed by atoms with E-state index in [9.17, 15) is 22.8 Å². The van der Waals surface area contributed by atoms with Gasteiger partial charge >= 0.3 is 12.1 Å². The predicted molar refractivity (Wildman–Crippen MR) is 128 cm³/mol. The van der Waals surface area contributed by atoms with Gasteiger partial charge in [-0.15, -0.1) is 0 Å². The van der Waals surface area contributed by atoms with Gasteiger partial charge in [0.1, 0.15) is 5.75 Å². The van der Waals surface area contributed by atoms with Crippen molar-refractivity contribution in [3.8, 4) is 17.1 Å². The molecule has 184 valence electrons. The van der Waals surface area contributed by atoms with Crippen molar-refractivity contribution in [3.63, 3.8) is 0 Å². The van der Waals surface area contributed by atoms with Crippen molar-refractivity contribution in [2.24, 2.45) is 5.10 Å². The maximum absolute atomic E-state index is 13.3. The molecule has 0 aliphatic rings. The fraction of sp³-hybridized carbons (Fsp3) is 0.154. The number of hydrogen-bond donors (Lipinski definition) is 0. The van der Waals surface area contributed by atoms with Crippen LogP contribution >= 0.6 is 0 Å². The summed E-state index contributed by atoms with van der Waals surface area (Å²) in [7, 11) is 1.25. The Balaban J connectivity index is 1.79. The molecular weight excluding hydrogens is 475 g/mol. The molecule has 0 amide bonds. The van der Waals surface area contributed by atoms with Crippen LogP contribution in [0, 0.1) is 0 Å². The molecule has 7 nitrogen and oxygen atoms in total. The molecule has 3 aromatic carbocycles. The molecule has 0 fully saturated rings. The molecule has 0 aliphatic carbocycles. The van der Waals surface area contributed by atoms with Crippen molar-refractivity contribution >= 4 is 23.1 Å². The third kappa shape index (κ3) is 5.27. The zero-order valence-electron chi connectivity index (χ0n) is 19.2. The smallest absolute Gasteiger partial charge is 0.416 e. The minimum atomic E-state index is -4.57. The first-order valence-electron chi connectivity index (χ1n) is 10.8. The van der Waals surface area contributed by atoms with Crippen LogP contribution in [-0.2, 0) is 15.7 Å². The number of hydrogen-bond acceptors (Lipinski definition) is 6. The van der Waals surface area contributed by atoms with Gasteiger partial charge in [-0.3, -0.25) is 4.79 Å². The van der Waals surface area contributed by atoms with E-state index in [1.54, 1.807) is 48.5 Å². The van der Waals surface area contributed by atoms with Crippen molar-refractivity contribution < 1.29 is 27.4 Å². The molecule has 0 saturated heterocycles. The third-order valence-electron chi connectivity index (χ3n) is 5.23. The fourth-order valence-corrected chi connectivity index (χ4v) is 3.46. The van der Waals surface area contributed by atoms with E-state index in [2.05, 4.69) is 14.8 Å². The number of esters is 1. The zero-order chi connectivity index (χ0) is 25.9. The molecule has 10 heteroatoms. The van der Waals surface area contributed by atoms with Crippen LogP contribution < -0.4 is 10.3 Å². The molecule has 0 spiro atoms. The van der Waals surface area contributed by atoms with Crippen molar-refractivity contribution in [2.45, 2.75) is 19.2 Å². The van der Waals surface area contributed by atoms with Crippen LogP contribution in [0.4, 0.5) is 13.2 Å². The highest BCUT2D eigenvalue weighted by atomic mass is 19.4. The molecule has 0 unspecified atom stereocenters. The Morgan fingerprint density at radius 1 is 1.06 bits per heavy atom. The van der Waals surface area contributed by atoms with Gasteiger partial charge < -0.3 is 9.47 Å². The number of rotatable bonds is 6.